The standard InChI is InChI=1S/C16H25BrN2/c1-12(2)19-7-4-5-15(6-8-19)18-16-10-13(3)9-14(17)11-16/h9-12,15,18H,4-8H2,1-3H3. The molecule has 1 heterocycles. The van der Waals surface area contributed by atoms with Gasteiger partial charge in [-0.15, -0.1) is 0 Å². The fraction of sp³-hybridized carbons (Fsp3) is 0.625. The number of anilines is 1. The summed E-state index contributed by atoms with van der Waals surface area (Å²) in [5.74, 6) is 0. The van der Waals surface area contributed by atoms with Gasteiger partial charge in [0, 0.05) is 28.8 Å². The number of nitrogens with one attached hydrogen (secondary N) is 1. The summed E-state index contributed by atoms with van der Waals surface area (Å²) in [7, 11) is 0. The first kappa shape index (κ1) is 14.9. The Bertz CT molecular complexity index is 397. The van der Waals surface area contributed by atoms with Gasteiger partial charge in [-0.25, -0.2) is 0 Å². The molecule has 0 saturated carbocycles. The SMILES string of the molecule is Cc1cc(Br)cc(NC2CCCN(C(C)C)CC2)c1. The quantitative estimate of drug-likeness (QED) is 0.884. The zero-order chi connectivity index (χ0) is 13.8. The lowest BCUT2D eigenvalue weighted by molar-refractivity contribution is 0.230. The van der Waals surface area contributed by atoms with E-state index in [1.807, 2.05) is 0 Å². The van der Waals surface area contributed by atoms with Crippen LogP contribution in [0.5, 0.6) is 0 Å². The number of benzene rings is 1. The van der Waals surface area contributed by atoms with Crippen LogP contribution in [0.4, 0.5) is 5.69 Å². The monoisotopic (exact) mass is 324 g/mol. The molecular formula is C16H25BrN2. The van der Waals surface area contributed by atoms with Gasteiger partial charge in [-0.3, -0.25) is 0 Å². The Labute approximate surface area is 125 Å². The predicted molar refractivity (Wildman–Crippen MR) is 86.8 cm³/mol. The first-order chi connectivity index (χ1) is 9.04. The highest BCUT2D eigenvalue weighted by Gasteiger charge is 2.18. The van der Waals surface area contributed by atoms with Crippen molar-refractivity contribution in [3.05, 3.63) is 28.2 Å². The van der Waals surface area contributed by atoms with E-state index in [9.17, 15) is 0 Å². The number of halogens is 1. The average molecular weight is 325 g/mol. The van der Waals surface area contributed by atoms with Crippen molar-refractivity contribution >= 4 is 21.6 Å². The second kappa shape index (κ2) is 6.76. The zero-order valence-corrected chi connectivity index (χ0v) is 13.8. The smallest absolute Gasteiger partial charge is 0.0356 e. The molecule has 1 N–H and O–H groups in total. The topological polar surface area (TPSA) is 15.3 Å². The zero-order valence-electron chi connectivity index (χ0n) is 12.2. The largest absolute Gasteiger partial charge is 0.382 e. The first-order valence-electron chi connectivity index (χ1n) is 7.32. The molecule has 1 aromatic rings. The lowest BCUT2D eigenvalue weighted by Gasteiger charge is -2.24. The van der Waals surface area contributed by atoms with E-state index >= 15 is 0 Å². The van der Waals surface area contributed by atoms with Gasteiger partial charge in [0.2, 0.25) is 0 Å². The van der Waals surface area contributed by atoms with Crippen molar-refractivity contribution in [2.24, 2.45) is 0 Å². The van der Waals surface area contributed by atoms with E-state index in [4.69, 9.17) is 0 Å². The molecule has 3 heteroatoms. The Morgan fingerprint density at radius 1 is 1.21 bits per heavy atom. The molecule has 1 fully saturated rings. The van der Waals surface area contributed by atoms with Crippen LogP contribution in [0.1, 0.15) is 38.7 Å². The maximum atomic E-state index is 3.71. The van der Waals surface area contributed by atoms with E-state index < -0.39 is 0 Å². The van der Waals surface area contributed by atoms with Crippen LogP contribution < -0.4 is 5.32 Å². The summed E-state index contributed by atoms with van der Waals surface area (Å²) in [6.45, 7) is 9.19. The Balaban J connectivity index is 1.95. The molecule has 0 aromatic heterocycles. The highest BCUT2D eigenvalue weighted by molar-refractivity contribution is 9.10. The summed E-state index contributed by atoms with van der Waals surface area (Å²) < 4.78 is 1.16. The van der Waals surface area contributed by atoms with Crippen LogP contribution in [0.25, 0.3) is 0 Å². The molecule has 0 amide bonds. The summed E-state index contributed by atoms with van der Waals surface area (Å²) in [6, 6.07) is 7.84. The van der Waals surface area contributed by atoms with E-state index in [1.54, 1.807) is 0 Å². The molecule has 1 saturated heterocycles. The van der Waals surface area contributed by atoms with E-state index in [1.165, 1.54) is 43.6 Å². The number of hydrogen-bond acceptors (Lipinski definition) is 2. The molecule has 0 radical (unpaired) electrons. The van der Waals surface area contributed by atoms with E-state index in [-0.39, 0.29) is 0 Å². The van der Waals surface area contributed by atoms with Crippen molar-refractivity contribution < 1.29 is 0 Å². The minimum absolute atomic E-state index is 0.609. The second-order valence-corrected chi connectivity index (χ2v) is 6.83. The normalized spacial score (nSPS) is 21.4. The average Bonchev–Trinajstić information content (AvgIpc) is 2.53. The van der Waals surface area contributed by atoms with E-state index in [0.717, 1.165) is 4.47 Å². The second-order valence-electron chi connectivity index (χ2n) is 5.92. The van der Waals surface area contributed by atoms with Gasteiger partial charge in [-0.1, -0.05) is 15.9 Å². The number of hydrogen-bond donors (Lipinski definition) is 1. The van der Waals surface area contributed by atoms with Gasteiger partial charge in [-0.2, -0.15) is 0 Å². The summed E-state index contributed by atoms with van der Waals surface area (Å²) >= 11 is 3.57. The van der Waals surface area contributed by atoms with Crippen LogP contribution in [0.2, 0.25) is 0 Å². The maximum Gasteiger partial charge on any atom is 0.0356 e. The third kappa shape index (κ3) is 4.50. The lowest BCUT2D eigenvalue weighted by Crippen LogP contribution is -2.32. The molecule has 0 bridgehead atoms. The lowest BCUT2D eigenvalue weighted by atomic mass is 10.1. The predicted octanol–water partition coefficient (Wildman–Crippen LogP) is 4.43. The molecule has 19 heavy (non-hydrogen) atoms. The van der Waals surface area contributed by atoms with Gasteiger partial charge in [0.1, 0.15) is 0 Å². The number of aryl methyl sites for hydroxylation is 1. The van der Waals surface area contributed by atoms with Crippen LogP contribution in [0.3, 0.4) is 0 Å². The van der Waals surface area contributed by atoms with Gasteiger partial charge in [0.25, 0.3) is 0 Å². The molecule has 1 aliphatic heterocycles. The van der Waals surface area contributed by atoms with E-state index in [2.05, 4.69) is 65.1 Å². The highest BCUT2D eigenvalue weighted by atomic mass is 79.9. The van der Waals surface area contributed by atoms with Crippen LogP contribution in [-0.4, -0.2) is 30.1 Å². The fourth-order valence-corrected chi connectivity index (χ4v) is 3.44. The van der Waals surface area contributed by atoms with Gasteiger partial charge in [0.15, 0.2) is 0 Å². The molecule has 1 unspecified atom stereocenters. The van der Waals surface area contributed by atoms with Crippen LogP contribution in [0.15, 0.2) is 22.7 Å². The number of rotatable bonds is 3. The Hall–Kier alpha value is -0.540. The molecule has 0 aliphatic carbocycles. The van der Waals surface area contributed by atoms with Crippen LogP contribution in [-0.2, 0) is 0 Å². The Morgan fingerprint density at radius 2 is 2.00 bits per heavy atom. The molecule has 2 nitrogen and oxygen atoms in total. The van der Waals surface area contributed by atoms with Crippen molar-refractivity contribution in [1.82, 2.24) is 4.90 Å². The minimum Gasteiger partial charge on any atom is -0.382 e. The molecule has 2 rings (SSSR count). The van der Waals surface area contributed by atoms with Crippen LogP contribution in [0, 0.1) is 6.92 Å². The van der Waals surface area contributed by atoms with Gasteiger partial charge in [-0.05, 0) is 70.3 Å². The van der Waals surface area contributed by atoms with Crippen molar-refractivity contribution in [2.75, 3.05) is 18.4 Å². The third-order valence-corrected chi connectivity index (χ3v) is 4.36. The highest BCUT2D eigenvalue weighted by Crippen LogP contribution is 2.22. The summed E-state index contributed by atoms with van der Waals surface area (Å²) in [6.07, 6.45) is 3.81. The van der Waals surface area contributed by atoms with Gasteiger partial charge in [0.05, 0.1) is 0 Å². The molecule has 106 valence electrons. The van der Waals surface area contributed by atoms with Gasteiger partial charge < -0.3 is 10.2 Å². The molecular weight excluding hydrogens is 300 g/mol. The third-order valence-electron chi connectivity index (χ3n) is 3.91. The molecule has 1 aromatic carbocycles. The van der Waals surface area contributed by atoms with Crippen molar-refractivity contribution in [2.45, 2.75) is 52.1 Å². The summed E-state index contributed by atoms with van der Waals surface area (Å²) in [4.78, 5) is 2.59. The van der Waals surface area contributed by atoms with Crippen LogP contribution >= 0.6 is 15.9 Å². The first-order valence-corrected chi connectivity index (χ1v) is 8.11. The molecule has 1 aliphatic rings. The van der Waals surface area contributed by atoms with E-state index in [0.29, 0.717) is 12.1 Å². The Kier molecular flexibility index (Phi) is 5.28. The van der Waals surface area contributed by atoms with Crippen molar-refractivity contribution in [3.8, 4) is 0 Å². The Morgan fingerprint density at radius 3 is 2.68 bits per heavy atom. The van der Waals surface area contributed by atoms with Crippen molar-refractivity contribution in [3.63, 3.8) is 0 Å². The van der Waals surface area contributed by atoms with Gasteiger partial charge >= 0.3 is 0 Å². The number of likely N-dealkylation sites (tertiary alicyclic amines) is 1. The summed E-state index contributed by atoms with van der Waals surface area (Å²) in [5.41, 5.74) is 2.55. The molecule has 0 spiro atoms. The minimum atomic E-state index is 0.609. The fourth-order valence-electron chi connectivity index (χ4n) is 2.83. The number of nitrogens with zero attached hydrogens (tertiary/aromatic N) is 1. The maximum absolute atomic E-state index is 3.71. The summed E-state index contributed by atoms with van der Waals surface area (Å²) in [5, 5.41) is 3.71. The van der Waals surface area contributed by atoms with Crippen molar-refractivity contribution in [1.29, 1.82) is 0 Å². The molecule has 1 atom stereocenters.